The number of nitrogens with one attached hydrogen (secondary N) is 3. The average molecular weight is 566 g/mol. The standard InChI is InChI=1S/C27H32FN9O2S/c1-15-10-18(19(28)11-17(15)16(2)33-23(38)24-35-25(36-39-24)27(3,4)5)20-12-21(32-14-31-20)34-26-30-13-22(40-26)37-8-6-29-7-9-37/h10-14,16,29H,6-9H2,1-5H3,(H,33,38)(H,30,31,32,34)/t16-/m1/s1. The fourth-order valence-corrected chi connectivity index (χ4v) is 5.23. The molecule has 1 aliphatic heterocycles. The van der Waals surface area contributed by atoms with Crippen molar-refractivity contribution in [3.05, 3.63) is 59.4 Å². The molecule has 0 unspecified atom stereocenters. The number of carbonyl (C=O) groups excluding carboxylic acids is 1. The average Bonchev–Trinajstić information content (AvgIpc) is 3.61. The van der Waals surface area contributed by atoms with Crippen molar-refractivity contribution in [1.29, 1.82) is 0 Å². The molecule has 0 aliphatic carbocycles. The van der Waals surface area contributed by atoms with Crippen LogP contribution in [0.25, 0.3) is 11.3 Å². The van der Waals surface area contributed by atoms with Gasteiger partial charge in [0.1, 0.15) is 23.0 Å². The molecule has 3 N–H and O–H groups in total. The van der Waals surface area contributed by atoms with Crippen molar-refractivity contribution in [1.82, 2.24) is 35.7 Å². The van der Waals surface area contributed by atoms with E-state index in [0.717, 1.165) is 36.7 Å². The molecule has 1 saturated heterocycles. The van der Waals surface area contributed by atoms with Gasteiger partial charge in [0.2, 0.25) is 0 Å². The molecule has 1 aliphatic rings. The van der Waals surface area contributed by atoms with Crippen molar-refractivity contribution in [2.24, 2.45) is 0 Å². The molecule has 0 bridgehead atoms. The molecule has 13 heteroatoms. The number of thiazole rings is 1. The van der Waals surface area contributed by atoms with E-state index in [1.807, 2.05) is 33.9 Å². The van der Waals surface area contributed by atoms with E-state index in [1.165, 1.54) is 12.4 Å². The van der Waals surface area contributed by atoms with Crippen LogP contribution in [-0.4, -0.2) is 57.2 Å². The number of benzene rings is 1. The van der Waals surface area contributed by atoms with Crippen LogP contribution < -0.4 is 20.9 Å². The number of piperazine rings is 1. The van der Waals surface area contributed by atoms with Crippen LogP contribution in [0.4, 0.5) is 20.3 Å². The summed E-state index contributed by atoms with van der Waals surface area (Å²) in [6.45, 7) is 13.2. The first-order valence-electron chi connectivity index (χ1n) is 13.0. The fraction of sp³-hybridized carbons (Fsp3) is 0.407. The van der Waals surface area contributed by atoms with Crippen molar-refractivity contribution >= 4 is 33.2 Å². The lowest BCUT2D eigenvalue weighted by Gasteiger charge is -2.27. The number of carbonyl (C=O) groups is 1. The normalized spacial score (nSPS) is 14.7. The molecule has 5 rings (SSSR count). The summed E-state index contributed by atoms with van der Waals surface area (Å²) in [6.07, 6.45) is 3.24. The summed E-state index contributed by atoms with van der Waals surface area (Å²) >= 11 is 1.54. The van der Waals surface area contributed by atoms with Gasteiger partial charge in [0.25, 0.3) is 0 Å². The van der Waals surface area contributed by atoms with Gasteiger partial charge in [-0.05, 0) is 37.1 Å². The first kappa shape index (κ1) is 27.6. The number of hydrogen-bond donors (Lipinski definition) is 3. The SMILES string of the molecule is Cc1cc(-c2cc(Nc3ncc(N4CCNCC4)s3)ncn2)c(F)cc1[C@@H](C)NC(=O)c1nc(C(C)(C)C)no1. The minimum Gasteiger partial charge on any atom is -0.360 e. The highest BCUT2D eigenvalue weighted by Gasteiger charge is 2.25. The number of aromatic nitrogens is 5. The van der Waals surface area contributed by atoms with Crippen LogP contribution in [0.1, 0.15) is 61.4 Å². The van der Waals surface area contributed by atoms with Crippen LogP contribution in [0.5, 0.6) is 0 Å². The maximum absolute atomic E-state index is 15.4. The molecule has 1 fully saturated rings. The molecule has 3 aromatic heterocycles. The van der Waals surface area contributed by atoms with Crippen molar-refractivity contribution < 1.29 is 13.7 Å². The Morgan fingerprint density at radius 1 is 1.18 bits per heavy atom. The van der Waals surface area contributed by atoms with Crippen LogP contribution in [-0.2, 0) is 5.41 Å². The van der Waals surface area contributed by atoms with E-state index in [0.29, 0.717) is 33.6 Å². The molecule has 0 radical (unpaired) electrons. The fourth-order valence-electron chi connectivity index (χ4n) is 4.35. The summed E-state index contributed by atoms with van der Waals surface area (Å²) < 4.78 is 20.5. The Labute approximate surface area is 235 Å². The quantitative estimate of drug-likeness (QED) is 0.296. The highest BCUT2D eigenvalue weighted by molar-refractivity contribution is 7.19. The molecule has 1 amide bonds. The van der Waals surface area contributed by atoms with Gasteiger partial charge >= 0.3 is 11.8 Å². The molecule has 0 spiro atoms. The van der Waals surface area contributed by atoms with Gasteiger partial charge in [-0.1, -0.05) is 37.3 Å². The molecule has 40 heavy (non-hydrogen) atoms. The lowest BCUT2D eigenvalue weighted by Crippen LogP contribution is -2.43. The molecule has 4 heterocycles. The van der Waals surface area contributed by atoms with E-state index in [-0.39, 0.29) is 11.3 Å². The summed E-state index contributed by atoms with van der Waals surface area (Å²) in [5.41, 5.74) is 1.83. The molecule has 0 saturated carbocycles. The number of anilines is 3. The predicted octanol–water partition coefficient (Wildman–Crippen LogP) is 4.37. The van der Waals surface area contributed by atoms with E-state index < -0.39 is 17.8 Å². The Balaban J connectivity index is 1.29. The maximum atomic E-state index is 15.4. The van der Waals surface area contributed by atoms with Crippen LogP contribution >= 0.6 is 11.3 Å². The zero-order valence-electron chi connectivity index (χ0n) is 23.1. The third-order valence-corrected chi connectivity index (χ3v) is 7.53. The van der Waals surface area contributed by atoms with Gasteiger partial charge in [-0.3, -0.25) is 4.79 Å². The van der Waals surface area contributed by atoms with E-state index in [1.54, 1.807) is 30.4 Å². The van der Waals surface area contributed by atoms with Gasteiger partial charge in [0.15, 0.2) is 11.0 Å². The minimum absolute atomic E-state index is 0.132. The molecule has 210 valence electrons. The highest BCUT2D eigenvalue weighted by atomic mass is 32.1. The zero-order valence-corrected chi connectivity index (χ0v) is 23.9. The smallest absolute Gasteiger partial charge is 0.315 e. The number of amides is 1. The molecular formula is C27H32FN9O2S. The largest absolute Gasteiger partial charge is 0.360 e. The lowest BCUT2D eigenvalue weighted by molar-refractivity contribution is 0.0895. The second-order valence-corrected chi connectivity index (χ2v) is 11.7. The van der Waals surface area contributed by atoms with Crippen molar-refractivity contribution in [2.75, 3.05) is 36.4 Å². The summed E-state index contributed by atoms with van der Waals surface area (Å²) in [5.74, 6) is -0.164. The zero-order chi connectivity index (χ0) is 28.4. The molecule has 4 aromatic rings. The van der Waals surface area contributed by atoms with Crippen LogP contribution in [0.2, 0.25) is 0 Å². The van der Waals surface area contributed by atoms with Crippen molar-refractivity contribution in [3.8, 4) is 11.3 Å². The Hall–Kier alpha value is -3.97. The van der Waals surface area contributed by atoms with Crippen molar-refractivity contribution in [3.63, 3.8) is 0 Å². The number of hydrogen-bond acceptors (Lipinski definition) is 11. The number of halogens is 1. The topological polar surface area (TPSA) is 134 Å². The number of nitrogens with zero attached hydrogens (tertiary/aromatic N) is 6. The Morgan fingerprint density at radius 2 is 1.95 bits per heavy atom. The summed E-state index contributed by atoms with van der Waals surface area (Å²) in [7, 11) is 0. The Morgan fingerprint density at radius 3 is 2.67 bits per heavy atom. The van der Waals surface area contributed by atoms with Gasteiger partial charge in [0, 0.05) is 43.2 Å². The lowest BCUT2D eigenvalue weighted by atomic mass is 9.96. The van der Waals surface area contributed by atoms with Gasteiger partial charge in [0.05, 0.1) is 17.9 Å². The van der Waals surface area contributed by atoms with Gasteiger partial charge in [-0.2, -0.15) is 4.98 Å². The third kappa shape index (κ3) is 6.10. The van der Waals surface area contributed by atoms with Crippen LogP contribution in [0.15, 0.2) is 35.2 Å². The second-order valence-electron chi connectivity index (χ2n) is 10.7. The molecular weight excluding hydrogens is 533 g/mol. The first-order valence-corrected chi connectivity index (χ1v) is 13.9. The molecule has 11 nitrogen and oxygen atoms in total. The molecule has 1 atom stereocenters. The van der Waals surface area contributed by atoms with Gasteiger partial charge in [-0.25, -0.2) is 19.3 Å². The number of aryl methyl sites for hydroxylation is 1. The van der Waals surface area contributed by atoms with E-state index in [4.69, 9.17) is 4.52 Å². The Bertz CT molecular complexity index is 1510. The predicted molar refractivity (Wildman–Crippen MR) is 152 cm³/mol. The van der Waals surface area contributed by atoms with E-state index in [2.05, 4.69) is 45.9 Å². The van der Waals surface area contributed by atoms with Gasteiger partial charge in [-0.15, -0.1) is 0 Å². The summed E-state index contributed by atoms with van der Waals surface area (Å²) in [5, 5.41) is 15.0. The third-order valence-electron chi connectivity index (χ3n) is 6.56. The van der Waals surface area contributed by atoms with Crippen LogP contribution in [0, 0.1) is 12.7 Å². The summed E-state index contributed by atoms with van der Waals surface area (Å²) in [6, 6.07) is 4.32. The summed E-state index contributed by atoms with van der Waals surface area (Å²) in [4.78, 5) is 32.2. The first-order chi connectivity index (χ1) is 19.1. The van der Waals surface area contributed by atoms with Gasteiger partial charge < -0.3 is 25.4 Å². The monoisotopic (exact) mass is 565 g/mol. The Kier molecular flexibility index (Phi) is 7.76. The van der Waals surface area contributed by atoms with E-state index >= 15 is 4.39 Å². The minimum atomic E-state index is -0.520. The van der Waals surface area contributed by atoms with Crippen molar-refractivity contribution in [2.45, 2.75) is 46.1 Å². The number of rotatable bonds is 7. The van der Waals surface area contributed by atoms with Crippen LogP contribution in [0.3, 0.4) is 0 Å². The highest BCUT2D eigenvalue weighted by Crippen LogP contribution is 2.31. The second kappa shape index (κ2) is 11.3. The van der Waals surface area contributed by atoms with E-state index in [9.17, 15) is 4.79 Å². The molecule has 1 aromatic carbocycles. The maximum Gasteiger partial charge on any atom is 0.315 e.